The van der Waals surface area contributed by atoms with E-state index in [1.165, 1.54) is 6.42 Å². The van der Waals surface area contributed by atoms with Crippen LogP contribution in [0, 0.1) is 0 Å². The first-order chi connectivity index (χ1) is 9.24. The maximum atomic E-state index is 5.98. The third kappa shape index (κ3) is 2.72. The fourth-order valence-corrected chi connectivity index (χ4v) is 2.20. The predicted octanol–water partition coefficient (Wildman–Crippen LogP) is 2.66. The second-order valence-electron chi connectivity index (χ2n) is 4.56. The molecule has 0 saturated heterocycles. The summed E-state index contributed by atoms with van der Waals surface area (Å²) in [4.78, 5) is 4.26. The summed E-state index contributed by atoms with van der Waals surface area (Å²) in [7, 11) is 0. The Morgan fingerprint density at radius 2 is 2.37 bits per heavy atom. The van der Waals surface area contributed by atoms with Crippen LogP contribution in [0.3, 0.4) is 0 Å². The molecular formula is C12H14BrN3O3. The van der Waals surface area contributed by atoms with E-state index < -0.39 is 0 Å². The molecule has 2 N–H and O–H groups in total. The van der Waals surface area contributed by atoms with E-state index in [0.29, 0.717) is 34.7 Å². The number of nitrogens with two attached hydrogens (primary N) is 1. The lowest BCUT2D eigenvalue weighted by Crippen LogP contribution is -2.27. The fourth-order valence-electron chi connectivity index (χ4n) is 1.79. The summed E-state index contributed by atoms with van der Waals surface area (Å²) in [5.41, 5.74) is 6.70. The summed E-state index contributed by atoms with van der Waals surface area (Å²) in [6.45, 7) is 0.413. The van der Waals surface area contributed by atoms with E-state index in [4.69, 9.17) is 19.4 Å². The molecule has 2 heterocycles. The Hall–Kier alpha value is -1.18. The van der Waals surface area contributed by atoms with Gasteiger partial charge in [0.15, 0.2) is 10.5 Å². The Labute approximate surface area is 118 Å². The van der Waals surface area contributed by atoms with Crippen molar-refractivity contribution < 1.29 is 13.7 Å². The molecule has 0 aromatic carbocycles. The molecule has 19 heavy (non-hydrogen) atoms. The van der Waals surface area contributed by atoms with Crippen LogP contribution in [0.5, 0.6) is 0 Å². The quantitative estimate of drug-likeness (QED) is 0.908. The first kappa shape index (κ1) is 12.8. The fraction of sp³-hybridized carbons (Fsp3) is 0.500. The van der Waals surface area contributed by atoms with E-state index in [9.17, 15) is 0 Å². The summed E-state index contributed by atoms with van der Waals surface area (Å²) in [5.74, 6) is 0.831. The summed E-state index contributed by atoms with van der Waals surface area (Å²) in [6.07, 6.45) is 5.36. The molecule has 102 valence electrons. The maximum absolute atomic E-state index is 5.98. The van der Waals surface area contributed by atoms with Crippen LogP contribution in [0.2, 0.25) is 0 Å². The van der Waals surface area contributed by atoms with Gasteiger partial charge in [0, 0.05) is 0 Å². The van der Waals surface area contributed by atoms with Crippen molar-refractivity contribution in [3.63, 3.8) is 0 Å². The van der Waals surface area contributed by atoms with Gasteiger partial charge in [-0.3, -0.25) is 0 Å². The van der Waals surface area contributed by atoms with Crippen molar-refractivity contribution in [3.05, 3.63) is 22.8 Å². The molecule has 7 heteroatoms. The highest BCUT2D eigenvalue weighted by Gasteiger charge is 2.22. The molecule has 1 aliphatic carbocycles. The standard InChI is InChI=1S/C12H14BrN3O3/c13-10-8(4-5-17-10)12-15-11(16-19-12)9(14)6-18-7-2-1-3-7/h4-5,7,9H,1-3,6,14H2. The van der Waals surface area contributed by atoms with Gasteiger partial charge < -0.3 is 19.4 Å². The number of halogens is 1. The minimum atomic E-state index is -0.372. The van der Waals surface area contributed by atoms with Crippen LogP contribution in [0.15, 0.2) is 25.9 Å². The molecule has 6 nitrogen and oxygen atoms in total. The molecule has 3 rings (SSSR count). The Balaban J connectivity index is 1.65. The van der Waals surface area contributed by atoms with E-state index in [1.54, 1.807) is 12.3 Å². The number of furan rings is 1. The molecule has 0 bridgehead atoms. The normalized spacial score (nSPS) is 17.4. The highest BCUT2D eigenvalue weighted by atomic mass is 79.9. The van der Waals surface area contributed by atoms with Crippen molar-refractivity contribution in [2.45, 2.75) is 31.4 Å². The van der Waals surface area contributed by atoms with Crippen LogP contribution in [-0.2, 0) is 4.74 Å². The average Bonchev–Trinajstić information content (AvgIpc) is 2.94. The Morgan fingerprint density at radius 1 is 1.53 bits per heavy atom. The zero-order valence-corrected chi connectivity index (χ0v) is 11.8. The molecular weight excluding hydrogens is 314 g/mol. The van der Waals surface area contributed by atoms with Crippen molar-refractivity contribution in [2.75, 3.05) is 6.61 Å². The van der Waals surface area contributed by atoms with Crippen LogP contribution in [-0.4, -0.2) is 22.9 Å². The smallest absolute Gasteiger partial charge is 0.262 e. The van der Waals surface area contributed by atoms with E-state index in [1.807, 2.05) is 0 Å². The van der Waals surface area contributed by atoms with Crippen LogP contribution in [0.4, 0.5) is 0 Å². The van der Waals surface area contributed by atoms with E-state index in [-0.39, 0.29) is 6.04 Å². The monoisotopic (exact) mass is 327 g/mol. The van der Waals surface area contributed by atoms with Gasteiger partial charge in [0.05, 0.1) is 30.6 Å². The first-order valence-corrected chi connectivity index (χ1v) is 6.97. The van der Waals surface area contributed by atoms with Crippen molar-refractivity contribution in [2.24, 2.45) is 5.73 Å². The number of hydrogen-bond acceptors (Lipinski definition) is 6. The van der Waals surface area contributed by atoms with Crippen molar-refractivity contribution in [1.82, 2.24) is 10.1 Å². The molecule has 0 amide bonds. The zero-order valence-electron chi connectivity index (χ0n) is 10.2. The van der Waals surface area contributed by atoms with Crippen LogP contribution < -0.4 is 5.73 Å². The maximum Gasteiger partial charge on any atom is 0.262 e. The summed E-state index contributed by atoms with van der Waals surface area (Å²) < 4.78 is 16.5. The van der Waals surface area contributed by atoms with Crippen LogP contribution >= 0.6 is 15.9 Å². The molecule has 0 radical (unpaired) electrons. The minimum absolute atomic E-state index is 0.348. The third-order valence-corrected chi connectivity index (χ3v) is 3.80. The number of rotatable bonds is 5. The Morgan fingerprint density at radius 3 is 3.00 bits per heavy atom. The van der Waals surface area contributed by atoms with E-state index in [2.05, 4.69) is 26.1 Å². The lowest BCUT2D eigenvalue weighted by molar-refractivity contribution is -0.00549. The van der Waals surface area contributed by atoms with Crippen LogP contribution in [0.1, 0.15) is 31.1 Å². The zero-order chi connectivity index (χ0) is 13.2. The van der Waals surface area contributed by atoms with Crippen molar-refractivity contribution in [1.29, 1.82) is 0 Å². The lowest BCUT2D eigenvalue weighted by atomic mass is 9.96. The van der Waals surface area contributed by atoms with Gasteiger partial charge in [-0.05, 0) is 41.3 Å². The first-order valence-electron chi connectivity index (χ1n) is 6.18. The van der Waals surface area contributed by atoms with Gasteiger partial charge in [-0.2, -0.15) is 4.98 Å². The molecule has 1 saturated carbocycles. The van der Waals surface area contributed by atoms with Gasteiger partial charge in [0.25, 0.3) is 5.89 Å². The molecule has 1 unspecified atom stereocenters. The number of hydrogen-bond donors (Lipinski definition) is 1. The molecule has 1 atom stereocenters. The summed E-state index contributed by atoms with van der Waals surface area (Å²) in [6, 6.07) is 1.38. The second-order valence-corrected chi connectivity index (χ2v) is 5.28. The van der Waals surface area contributed by atoms with Gasteiger partial charge in [-0.1, -0.05) is 5.16 Å². The van der Waals surface area contributed by atoms with Gasteiger partial charge in [-0.15, -0.1) is 0 Å². The molecule has 0 aliphatic heterocycles. The minimum Gasteiger partial charge on any atom is -0.457 e. The highest BCUT2D eigenvalue weighted by molar-refractivity contribution is 9.10. The Kier molecular flexibility index (Phi) is 3.67. The predicted molar refractivity (Wildman–Crippen MR) is 70.2 cm³/mol. The van der Waals surface area contributed by atoms with Crippen molar-refractivity contribution in [3.8, 4) is 11.5 Å². The summed E-state index contributed by atoms with van der Waals surface area (Å²) >= 11 is 3.27. The number of aromatic nitrogens is 2. The summed E-state index contributed by atoms with van der Waals surface area (Å²) in [5, 5.41) is 3.88. The molecule has 2 aromatic rings. The van der Waals surface area contributed by atoms with Gasteiger partial charge >= 0.3 is 0 Å². The molecule has 1 aliphatic rings. The Bertz CT molecular complexity index is 550. The number of nitrogens with zero attached hydrogens (tertiary/aromatic N) is 2. The lowest BCUT2D eigenvalue weighted by Gasteiger charge is -2.26. The third-order valence-electron chi connectivity index (χ3n) is 3.19. The second kappa shape index (κ2) is 5.44. The average molecular weight is 328 g/mol. The largest absolute Gasteiger partial charge is 0.457 e. The van der Waals surface area contributed by atoms with Crippen LogP contribution in [0.25, 0.3) is 11.5 Å². The topological polar surface area (TPSA) is 87.3 Å². The molecule has 1 fully saturated rings. The van der Waals surface area contributed by atoms with Crippen molar-refractivity contribution >= 4 is 15.9 Å². The molecule has 0 spiro atoms. The van der Waals surface area contributed by atoms with E-state index >= 15 is 0 Å². The van der Waals surface area contributed by atoms with Gasteiger partial charge in [-0.25, -0.2) is 0 Å². The highest BCUT2D eigenvalue weighted by Crippen LogP contribution is 2.28. The van der Waals surface area contributed by atoms with Gasteiger partial charge in [0.2, 0.25) is 0 Å². The van der Waals surface area contributed by atoms with E-state index in [0.717, 1.165) is 12.8 Å². The molecule has 2 aromatic heterocycles. The van der Waals surface area contributed by atoms with Gasteiger partial charge in [0.1, 0.15) is 0 Å². The number of ether oxygens (including phenoxy) is 1. The SMILES string of the molecule is NC(COC1CCC1)c1noc(-c2ccoc2Br)n1.